The number of nitrogens with two attached hydrogens (primary N) is 1. The van der Waals surface area contributed by atoms with E-state index in [-0.39, 0.29) is 23.8 Å². The number of hydrogen-bond acceptors (Lipinski definition) is 4. The molecule has 0 heterocycles. The molecule has 2 N–H and O–H groups in total. The average Bonchev–Trinajstić information content (AvgIpc) is 2.16. The molecule has 0 spiro atoms. The molecule has 1 aromatic rings. The molecule has 78 valence electrons. The Morgan fingerprint density at radius 3 is 2.64 bits per heavy atom. The molecule has 0 saturated carbocycles. The van der Waals surface area contributed by atoms with E-state index in [9.17, 15) is 10.1 Å². The molecule has 6 heteroatoms. The smallest absolute Gasteiger partial charge is 0.310 e. The minimum atomic E-state index is -0.487. The third-order valence-corrected chi connectivity index (χ3v) is 1.68. The van der Waals surface area contributed by atoms with Crippen LogP contribution in [0.5, 0.6) is 5.75 Å². The molecule has 0 atom stereocenters. The van der Waals surface area contributed by atoms with E-state index < -0.39 is 4.92 Å². The summed E-state index contributed by atoms with van der Waals surface area (Å²) in [6.07, 6.45) is 0. The van der Waals surface area contributed by atoms with Crippen LogP contribution < -0.4 is 10.5 Å². The number of halogens is 1. The third kappa shape index (κ3) is 2.58. The van der Waals surface area contributed by atoms with E-state index in [1.54, 1.807) is 12.1 Å². The molecule has 0 amide bonds. The SMILES string of the molecule is COc1cc(CN)ccc1[N+](=O)[O-].Cl. The predicted molar refractivity (Wildman–Crippen MR) is 54.8 cm³/mol. The fraction of sp³-hybridized carbons (Fsp3) is 0.250. The van der Waals surface area contributed by atoms with Crippen molar-refractivity contribution in [3.8, 4) is 5.75 Å². The Bertz CT molecular complexity index is 330. The Kier molecular flexibility index (Phi) is 4.90. The van der Waals surface area contributed by atoms with Gasteiger partial charge in [0, 0.05) is 12.6 Å². The highest BCUT2D eigenvalue weighted by atomic mass is 35.5. The van der Waals surface area contributed by atoms with Gasteiger partial charge in [0.15, 0.2) is 5.75 Å². The molecule has 0 aliphatic carbocycles. The van der Waals surface area contributed by atoms with Crippen LogP contribution in [-0.2, 0) is 6.54 Å². The molecule has 0 aromatic heterocycles. The molecule has 0 bridgehead atoms. The highest BCUT2D eigenvalue weighted by Gasteiger charge is 2.13. The Morgan fingerprint density at radius 1 is 1.57 bits per heavy atom. The summed E-state index contributed by atoms with van der Waals surface area (Å²) in [5.74, 6) is 0.243. The van der Waals surface area contributed by atoms with E-state index in [4.69, 9.17) is 10.5 Å². The van der Waals surface area contributed by atoms with E-state index in [1.807, 2.05) is 0 Å². The Balaban J connectivity index is 0.00000169. The summed E-state index contributed by atoms with van der Waals surface area (Å²) in [5, 5.41) is 10.5. The highest BCUT2D eigenvalue weighted by Crippen LogP contribution is 2.27. The van der Waals surface area contributed by atoms with Gasteiger partial charge in [-0.25, -0.2) is 0 Å². The molecule has 0 unspecified atom stereocenters. The standard InChI is InChI=1S/C8H10N2O3.ClH/c1-13-8-4-6(5-9)2-3-7(8)10(11)12;/h2-4H,5,9H2,1H3;1H. The first-order chi connectivity index (χ1) is 6.19. The lowest BCUT2D eigenvalue weighted by Gasteiger charge is -2.02. The van der Waals surface area contributed by atoms with Gasteiger partial charge in [0.05, 0.1) is 12.0 Å². The summed E-state index contributed by atoms with van der Waals surface area (Å²) in [6.45, 7) is 0.342. The van der Waals surface area contributed by atoms with Gasteiger partial charge in [-0.05, 0) is 11.6 Å². The van der Waals surface area contributed by atoms with Gasteiger partial charge in [0.25, 0.3) is 0 Å². The number of ether oxygens (including phenoxy) is 1. The summed E-state index contributed by atoms with van der Waals surface area (Å²) in [4.78, 5) is 9.99. The molecule has 0 radical (unpaired) electrons. The Hall–Kier alpha value is -1.33. The Labute approximate surface area is 87.4 Å². The highest BCUT2D eigenvalue weighted by molar-refractivity contribution is 5.85. The van der Waals surface area contributed by atoms with Gasteiger partial charge in [-0.2, -0.15) is 0 Å². The molecule has 1 aromatic carbocycles. The molecule has 14 heavy (non-hydrogen) atoms. The van der Waals surface area contributed by atoms with Crippen molar-refractivity contribution in [2.75, 3.05) is 7.11 Å². The van der Waals surface area contributed by atoms with Crippen molar-refractivity contribution in [3.05, 3.63) is 33.9 Å². The molecule has 0 aliphatic rings. The van der Waals surface area contributed by atoms with Crippen molar-refractivity contribution < 1.29 is 9.66 Å². The van der Waals surface area contributed by atoms with Gasteiger partial charge in [-0.15, -0.1) is 12.4 Å². The lowest BCUT2D eigenvalue weighted by molar-refractivity contribution is -0.385. The number of benzene rings is 1. The number of nitro groups is 1. The zero-order chi connectivity index (χ0) is 9.84. The van der Waals surface area contributed by atoms with Gasteiger partial charge in [-0.1, -0.05) is 6.07 Å². The summed E-state index contributed by atoms with van der Waals surface area (Å²) in [5.41, 5.74) is 6.14. The van der Waals surface area contributed by atoms with Crippen LogP contribution in [-0.4, -0.2) is 12.0 Å². The van der Waals surface area contributed by atoms with Gasteiger partial charge in [0.2, 0.25) is 0 Å². The second-order valence-corrected chi connectivity index (χ2v) is 2.47. The number of nitro benzene ring substituents is 1. The maximum atomic E-state index is 10.5. The van der Waals surface area contributed by atoms with Gasteiger partial charge in [-0.3, -0.25) is 10.1 Å². The van der Waals surface area contributed by atoms with Crippen LogP contribution in [0.4, 0.5) is 5.69 Å². The lowest BCUT2D eigenvalue weighted by atomic mass is 10.2. The maximum Gasteiger partial charge on any atom is 0.310 e. The molecular formula is C8H11ClN2O3. The van der Waals surface area contributed by atoms with E-state index in [0.717, 1.165) is 5.56 Å². The van der Waals surface area contributed by atoms with E-state index >= 15 is 0 Å². The summed E-state index contributed by atoms with van der Waals surface area (Å²) in [6, 6.07) is 4.57. The van der Waals surface area contributed by atoms with Gasteiger partial charge < -0.3 is 10.5 Å². The molecule has 1 rings (SSSR count). The number of nitrogens with zero attached hydrogens (tertiary/aromatic N) is 1. The minimum absolute atomic E-state index is 0. The lowest BCUT2D eigenvalue weighted by Crippen LogP contribution is -1.99. The zero-order valence-corrected chi connectivity index (χ0v) is 8.41. The summed E-state index contributed by atoms with van der Waals surface area (Å²) < 4.78 is 4.85. The Morgan fingerprint density at radius 2 is 2.21 bits per heavy atom. The maximum absolute atomic E-state index is 10.5. The minimum Gasteiger partial charge on any atom is -0.490 e. The van der Waals surface area contributed by atoms with Gasteiger partial charge in [0.1, 0.15) is 0 Å². The molecule has 0 saturated heterocycles. The van der Waals surface area contributed by atoms with E-state index in [1.165, 1.54) is 13.2 Å². The monoisotopic (exact) mass is 218 g/mol. The largest absolute Gasteiger partial charge is 0.490 e. The quantitative estimate of drug-likeness (QED) is 0.616. The second kappa shape index (κ2) is 5.41. The fourth-order valence-electron chi connectivity index (χ4n) is 1.000. The van der Waals surface area contributed by atoms with Crippen LogP contribution in [0.25, 0.3) is 0 Å². The first kappa shape index (κ1) is 12.7. The van der Waals surface area contributed by atoms with Crippen LogP contribution in [0.2, 0.25) is 0 Å². The number of rotatable bonds is 3. The topological polar surface area (TPSA) is 78.4 Å². The molecule has 0 aliphatic heterocycles. The fourth-order valence-corrected chi connectivity index (χ4v) is 1.000. The zero-order valence-electron chi connectivity index (χ0n) is 7.60. The van der Waals surface area contributed by atoms with Crippen LogP contribution in [0.1, 0.15) is 5.56 Å². The molecule has 5 nitrogen and oxygen atoms in total. The summed E-state index contributed by atoms with van der Waals surface area (Å²) in [7, 11) is 1.39. The summed E-state index contributed by atoms with van der Waals surface area (Å²) >= 11 is 0. The van der Waals surface area contributed by atoms with Crippen molar-refractivity contribution in [2.24, 2.45) is 5.73 Å². The third-order valence-electron chi connectivity index (χ3n) is 1.68. The second-order valence-electron chi connectivity index (χ2n) is 2.47. The van der Waals surface area contributed by atoms with E-state index in [0.29, 0.717) is 6.54 Å². The number of methoxy groups -OCH3 is 1. The van der Waals surface area contributed by atoms with Crippen LogP contribution >= 0.6 is 12.4 Å². The van der Waals surface area contributed by atoms with Crippen LogP contribution in [0.3, 0.4) is 0 Å². The normalized spacial score (nSPS) is 9.00. The van der Waals surface area contributed by atoms with Crippen molar-refractivity contribution >= 4 is 18.1 Å². The van der Waals surface area contributed by atoms with Crippen LogP contribution in [0, 0.1) is 10.1 Å². The molecule has 0 fully saturated rings. The number of hydrogen-bond donors (Lipinski definition) is 1. The predicted octanol–water partition coefficient (Wildman–Crippen LogP) is 1.48. The first-order valence-electron chi connectivity index (χ1n) is 3.70. The van der Waals surface area contributed by atoms with E-state index in [2.05, 4.69) is 0 Å². The van der Waals surface area contributed by atoms with Crippen molar-refractivity contribution in [2.45, 2.75) is 6.54 Å². The van der Waals surface area contributed by atoms with Gasteiger partial charge >= 0.3 is 5.69 Å². The molecular weight excluding hydrogens is 208 g/mol. The van der Waals surface area contributed by atoms with Crippen molar-refractivity contribution in [3.63, 3.8) is 0 Å². The van der Waals surface area contributed by atoms with Crippen molar-refractivity contribution in [1.82, 2.24) is 0 Å². The average molecular weight is 219 g/mol. The van der Waals surface area contributed by atoms with Crippen molar-refractivity contribution in [1.29, 1.82) is 0 Å². The van der Waals surface area contributed by atoms with Crippen LogP contribution in [0.15, 0.2) is 18.2 Å². The first-order valence-corrected chi connectivity index (χ1v) is 3.70.